The fourth-order valence-electron chi connectivity index (χ4n) is 1.95. The Balaban J connectivity index is 2.21. The number of carbonyl (C=O) groups excluding carboxylic acids is 1. The molecule has 2 N–H and O–H groups in total. The highest BCUT2D eigenvalue weighted by Crippen LogP contribution is 2.22. The van der Waals surface area contributed by atoms with Gasteiger partial charge in [-0.3, -0.25) is 4.79 Å². The third-order valence-corrected chi connectivity index (χ3v) is 3.84. The second kappa shape index (κ2) is 6.57. The monoisotopic (exact) mass is 332 g/mol. The number of rotatable bonds is 4. The van der Waals surface area contributed by atoms with Crippen LogP contribution >= 0.6 is 15.9 Å². The maximum absolute atomic E-state index is 12.3. The average molecular weight is 333 g/mol. The van der Waals surface area contributed by atoms with Crippen molar-refractivity contribution in [3.63, 3.8) is 0 Å². The second-order valence-corrected chi connectivity index (χ2v) is 5.35. The van der Waals surface area contributed by atoms with Crippen LogP contribution in [0.1, 0.15) is 22.8 Å². The van der Waals surface area contributed by atoms with Crippen molar-refractivity contribution >= 4 is 33.2 Å². The molecule has 20 heavy (non-hydrogen) atoms. The molecule has 0 spiro atoms. The van der Waals surface area contributed by atoms with E-state index in [1.807, 2.05) is 56.3 Å². The number of amides is 1. The number of hydrogen-bond acceptors (Lipinski definition) is 2. The molecule has 0 saturated heterocycles. The summed E-state index contributed by atoms with van der Waals surface area (Å²) < 4.78 is 1.03. The van der Waals surface area contributed by atoms with Gasteiger partial charge in [0.25, 0.3) is 5.91 Å². The van der Waals surface area contributed by atoms with Crippen LogP contribution in [0, 0.1) is 6.92 Å². The SMILES string of the molecule is CCNc1ccccc1C(=O)Nc1ccc(Br)c(C)c1. The molecular weight excluding hydrogens is 316 g/mol. The summed E-state index contributed by atoms with van der Waals surface area (Å²) >= 11 is 3.45. The van der Waals surface area contributed by atoms with Gasteiger partial charge < -0.3 is 10.6 Å². The van der Waals surface area contributed by atoms with E-state index < -0.39 is 0 Å². The fourth-order valence-corrected chi connectivity index (χ4v) is 2.19. The van der Waals surface area contributed by atoms with Gasteiger partial charge in [-0.2, -0.15) is 0 Å². The standard InChI is InChI=1S/C16H17BrN2O/c1-3-18-15-7-5-4-6-13(15)16(20)19-12-8-9-14(17)11(2)10-12/h4-10,18H,3H2,1-2H3,(H,19,20). The third-order valence-electron chi connectivity index (χ3n) is 2.95. The van der Waals surface area contributed by atoms with E-state index in [0.29, 0.717) is 5.56 Å². The van der Waals surface area contributed by atoms with Crippen molar-refractivity contribution in [1.29, 1.82) is 0 Å². The molecule has 0 radical (unpaired) electrons. The quantitative estimate of drug-likeness (QED) is 0.868. The predicted octanol–water partition coefficient (Wildman–Crippen LogP) is 4.44. The first-order chi connectivity index (χ1) is 9.61. The Morgan fingerprint density at radius 2 is 1.95 bits per heavy atom. The van der Waals surface area contributed by atoms with Crippen LogP contribution in [0.3, 0.4) is 0 Å². The molecule has 0 saturated carbocycles. The number of aryl methyl sites for hydroxylation is 1. The number of para-hydroxylation sites is 1. The first-order valence-electron chi connectivity index (χ1n) is 6.52. The van der Waals surface area contributed by atoms with Crippen molar-refractivity contribution in [1.82, 2.24) is 0 Å². The summed E-state index contributed by atoms with van der Waals surface area (Å²) in [6, 6.07) is 13.3. The number of carbonyl (C=O) groups is 1. The molecule has 2 rings (SSSR count). The minimum Gasteiger partial charge on any atom is -0.385 e. The van der Waals surface area contributed by atoms with Crippen LogP contribution in [0.25, 0.3) is 0 Å². The molecule has 0 bridgehead atoms. The van der Waals surface area contributed by atoms with Crippen molar-refractivity contribution in [2.45, 2.75) is 13.8 Å². The molecule has 2 aromatic rings. The van der Waals surface area contributed by atoms with E-state index in [4.69, 9.17) is 0 Å². The Hall–Kier alpha value is -1.81. The minimum atomic E-state index is -0.108. The van der Waals surface area contributed by atoms with E-state index in [1.54, 1.807) is 0 Å². The number of nitrogens with one attached hydrogen (secondary N) is 2. The van der Waals surface area contributed by atoms with Crippen LogP contribution in [0.2, 0.25) is 0 Å². The molecule has 3 nitrogen and oxygen atoms in total. The maximum Gasteiger partial charge on any atom is 0.257 e. The summed E-state index contributed by atoms with van der Waals surface area (Å²) in [6.45, 7) is 4.78. The van der Waals surface area contributed by atoms with Gasteiger partial charge in [0.15, 0.2) is 0 Å². The topological polar surface area (TPSA) is 41.1 Å². The zero-order valence-corrected chi connectivity index (χ0v) is 13.1. The first kappa shape index (κ1) is 14.6. The largest absolute Gasteiger partial charge is 0.385 e. The van der Waals surface area contributed by atoms with Crippen LogP contribution in [0.4, 0.5) is 11.4 Å². The maximum atomic E-state index is 12.3. The average Bonchev–Trinajstić information content (AvgIpc) is 2.44. The minimum absolute atomic E-state index is 0.108. The van der Waals surface area contributed by atoms with Gasteiger partial charge in [-0.25, -0.2) is 0 Å². The van der Waals surface area contributed by atoms with Gasteiger partial charge in [-0.05, 0) is 49.7 Å². The van der Waals surface area contributed by atoms with Gasteiger partial charge in [-0.15, -0.1) is 0 Å². The molecule has 0 fully saturated rings. The number of halogens is 1. The molecule has 4 heteroatoms. The lowest BCUT2D eigenvalue weighted by Gasteiger charge is -2.11. The van der Waals surface area contributed by atoms with Crippen LogP contribution in [-0.2, 0) is 0 Å². The molecule has 0 heterocycles. The van der Waals surface area contributed by atoms with E-state index in [2.05, 4.69) is 26.6 Å². The van der Waals surface area contributed by atoms with Crippen LogP contribution in [0.15, 0.2) is 46.9 Å². The normalized spacial score (nSPS) is 10.2. The Bertz CT molecular complexity index is 626. The van der Waals surface area contributed by atoms with E-state index in [1.165, 1.54) is 0 Å². The van der Waals surface area contributed by atoms with E-state index >= 15 is 0 Å². The highest BCUT2D eigenvalue weighted by Gasteiger charge is 2.10. The lowest BCUT2D eigenvalue weighted by Crippen LogP contribution is -2.14. The van der Waals surface area contributed by atoms with E-state index in [-0.39, 0.29) is 5.91 Å². The van der Waals surface area contributed by atoms with Crippen LogP contribution in [0.5, 0.6) is 0 Å². The van der Waals surface area contributed by atoms with Crippen LogP contribution in [-0.4, -0.2) is 12.5 Å². The molecule has 0 atom stereocenters. The molecular formula is C16H17BrN2O. The van der Waals surface area contributed by atoms with Gasteiger partial charge in [0, 0.05) is 22.4 Å². The van der Waals surface area contributed by atoms with Gasteiger partial charge in [0.1, 0.15) is 0 Å². The lowest BCUT2D eigenvalue weighted by atomic mass is 10.1. The zero-order chi connectivity index (χ0) is 14.5. The molecule has 2 aromatic carbocycles. The third kappa shape index (κ3) is 3.39. The Kier molecular flexibility index (Phi) is 4.79. The first-order valence-corrected chi connectivity index (χ1v) is 7.31. The molecule has 0 aliphatic heterocycles. The van der Waals surface area contributed by atoms with Crippen molar-refractivity contribution in [3.05, 3.63) is 58.1 Å². The molecule has 104 valence electrons. The second-order valence-electron chi connectivity index (χ2n) is 4.49. The molecule has 0 unspecified atom stereocenters. The number of hydrogen-bond donors (Lipinski definition) is 2. The van der Waals surface area contributed by atoms with Gasteiger partial charge in [0.05, 0.1) is 5.56 Å². The van der Waals surface area contributed by atoms with Crippen molar-refractivity contribution < 1.29 is 4.79 Å². The van der Waals surface area contributed by atoms with Gasteiger partial charge in [0.2, 0.25) is 0 Å². The van der Waals surface area contributed by atoms with Crippen molar-refractivity contribution in [2.75, 3.05) is 17.2 Å². The molecule has 1 amide bonds. The van der Waals surface area contributed by atoms with Crippen molar-refractivity contribution in [2.24, 2.45) is 0 Å². The molecule has 0 aliphatic rings. The molecule has 0 aliphatic carbocycles. The van der Waals surface area contributed by atoms with E-state index in [9.17, 15) is 4.79 Å². The molecule has 0 aromatic heterocycles. The summed E-state index contributed by atoms with van der Waals surface area (Å²) in [5.41, 5.74) is 3.38. The summed E-state index contributed by atoms with van der Waals surface area (Å²) in [5, 5.41) is 6.12. The van der Waals surface area contributed by atoms with Crippen LogP contribution < -0.4 is 10.6 Å². The van der Waals surface area contributed by atoms with Crippen molar-refractivity contribution in [3.8, 4) is 0 Å². The highest BCUT2D eigenvalue weighted by molar-refractivity contribution is 9.10. The zero-order valence-electron chi connectivity index (χ0n) is 11.5. The van der Waals surface area contributed by atoms with Gasteiger partial charge in [-0.1, -0.05) is 28.1 Å². The fraction of sp³-hybridized carbons (Fsp3) is 0.188. The Morgan fingerprint density at radius 1 is 1.20 bits per heavy atom. The smallest absolute Gasteiger partial charge is 0.257 e. The lowest BCUT2D eigenvalue weighted by molar-refractivity contribution is 0.102. The summed E-state index contributed by atoms with van der Waals surface area (Å²) in [4.78, 5) is 12.3. The number of anilines is 2. The Morgan fingerprint density at radius 3 is 2.65 bits per heavy atom. The highest BCUT2D eigenvalue weighted by atomic mass is 79.9. The summed E-state index contributed by atoms with van der Waals surface area (Å²) in [6.07, 6.45) is 0. The van der Waals surface area contributed by atoms with E-state index in [0.717, 1.165) is 28.0 Å². The number of benzene rings is 2. The summed E-state index contributed by atoms with van der Waals surface area (Å²) in [5.74, 6) is -0.108. The summed E-state index contributed by atoms with van der Waals surface area (Å²) in [7, 11) is 0. The predicted molar refractivity (Wildman–Crippen MR) is 87.4 cm³/mol. The van der Waals surface area contributed by atoms with Gasteiger partial charge >= 0.3 is 0 Å². The Labute approximate surface area is 127 Å².